The maximum atomic E-state index is 13.8. The summed E-state index contributed by atoms with van der Waals surface area (Å²) in [5.41, 5.74) is -7.05. The van der Waals surface area contributed by atoms with Crippen molar-refractivity contribution in [3.8, 4) is 0 Å². The van der Waals surface area contributed by atoms with Gasteiger partial charge in [0.25, 0.3) is 11.5 Å². The van der Waals surface area contributed by atoms with Gasteiger partial charge in [0.05, 0.1) is 17.8 Å². The number of hydrogen-bond acceptors (Lipinski definition) is 5. The minimum Gasteiger partial charge on any atom is -0.481 e. The number of carbonyl (C=O) groups is 4. The molecule has 9 nitrogen and oxygen atoms in total. The van der Waals surface area contributed by atoms with Crippen LogP contribution >= 0.6 is 0 Å². The Balaban J connectivity index is 1.79. The van der Waals surface area contributed by atoms with Crippen LogP contribution in [-0.4, -0.2) is 58.7 Å². The van der Waals surface area contributed by atoms with E-state index in [1.54, 1.807) is 0 Å². The third kappa shape index (κ3) is 4.26. The number of carboxylic acids is 1. The average molecular weight is 559 g/mol. The van der Waals surface area contributed by atoms with Gasteiger partial charge in [-0.25, -0.2) is 4.79 Å². The number of urea groups is 1. The van der Waals surface area contributed by atoms with Crippen molar-refractivity contribution in [2.24, 2.45) is 5.92 Å². The molecule has 1 fully saturated rings. The lowest BCUT2D eigenvalue weighted by Crippen LogP contribution is -2.58. The van der Waals surface area contributed by atoms with Gasteiger partial charge in [0, 0.05) is 24.8 Å². The normalized spacial score (nSPS) is 22.0. The molecule has 2 aliphatic heterocycles. The first-order valence-electron chi connectivity index (χ1n) is 11.1. The van der Waals surface area contributed by atoms with Crippen LogP contribution in [0.3, 0.4) is 0 Å². The lowest BCUT2D eigenvalue weighted by Gasteiger charge is -2.37. The molecule has 39 heavy (non-hydrogen) atoms. The summed E-state index contributed by atoms with van der Waals surface area (Å²) in [6.45, 7) is -0.472. The zero-order valence-electron chi connectivity index (χ0n) is 20.1. The SMILES string of the molecule is Cc1c(CN2C(=O)C(C(=O)O)CN(c3ccc4c(c3)C(O)(C(F)(F)F)C(=O)N4C)C2=O)cccc1C(F)(F)F. The van der Waals surface area contributed by atoms with Gasteiger partial charge in [-0.1, -0.05) is 12.1 Å². The fraction of sp³-hybridized carbons (Fsp3) is 0.333. The summed E-state index contributed by atoms with van der Waals surface area (Å²) >= 11 is 0. The molecular weight excluding hydrogens is 540 g/mol. The first-order valence-corrected chi connectivity index (χ1v) is 11.1. The van der Waals surface area contributed by atoms with E-state index in [9.17, 15) is 55.7 Å². The van der Waals surface area contributed by atoms with Crippen LogP contribution < -0.4 is 9.80 Å². The molecule has 2 unspecified atom stereocenters. The molecule has 2 aromatic carbocycles. The molecule has 0 saturated carbocycles. The predicted molar refractivity (Wildman–Crippen MR) is 120 cm³/mol. The second kappa shape index (κ2) is 8.97. The third-order valence-corrected chi connectivity index (χ3v) is 6.84. The molecule has 0 aliphatic carbocycles. The van der Waals surface area contributed by atoms with Gasteiger partial charge in [-0.05, 0) is 42.3 Å². The fourth-order valence-corrected chi connectivity index (χ4v) is 4.66. The van der Waals surface area contributed by atoms with Crippen molar-refractivity contribution in [2.75, 3.05) is 23.4 Å². The topological polar surface area (TPSA) is 118 Å². The highest BCUT2D eigenvalue weighted by Gasteiger charge is 2.66. The molecule has 1 saturated heterocycles. The van der Waals surface area contributed by atoms with E-state index in [2.05, 4.69) is 0 Å². The lowest BCUT2D eigenvalue weighted by atomic mass is 9.93. The summed E-state index contributed by atoms with van der Waals surface area (Å²) in [5.74, 6) is -6.53. The highest BCUT2D eigenvalue weighted by molar-refractivity contribution is 6.13. The second-order valence-electron chi connectivity index (χ2n) is 9.07. The van der Waals surface area contributed by atoms with Crippen molar-refractivity contribution in [1.82, 2.24) is 4.90 Å². The van der Waals surface area contributed by atoms with E-state index in [-0.39, 0.29) is 22.5 Å². The lowest BCUT2D eigenvalue weighted by molar-refractivity contribution is -0.253. The minimum atomic E-state index is -5.46. The van der Waals surface area contributed by atoms with Crippen LogP contribution in [0, 0.1) is 12.8 Å². The number of aliphatic carboxylic acids is 1. The Morgan fingerprint density at radius 3 is 2.28 bits per heavy atom. The number of nitrogens with zero attached hydrogens (tertiary/aromatic N) is 3. The van der Waals surface area contributed by atoms with Crippen molar-refractivity contribution in [3.63, 3.8) is 0 Å². The molecule has 2 atom stereocenters. The van der Waals surface area contributed by atoms with Crippen LogP contribution in [0.25, 0.3) is 0 Å². The Morgan fingerprint density at radius 1 is 1.08 bits per heavy atom. The summed E-state index contributed by atoms with van der Waals surface area (Å²) in [6.07, 6.45) is -10.2. The molecule has 2 heterocycles. The standard InChI is InChI=1S/C24H19F6N3O6/c1-11-12(4-3-5-15(11)23(25,26)27)9-33-18(34)14(19(35)36)10-32(21(33)38)13-6-7-17-16(8-13)22(39,24(28,29)30)20(37)31(17)2/h3-8,14,39H,9-10H2,1-2H3,(H,35,36). The van der Waals surface area contributed by atoms with E-state index in [1.165, 1.54) is 6.07 Å². The maximum absolute atomic E-state index is 13.8. The van der Waals surface area contributed by atoms with E-state index < -0.39 is 71.9 Å². The summed E-state index contributed by atoms with van der Waals surface area (Å²) in [7, 11) is 0.995. The number of anilines is 2. The van der Waals surface area contributed by atoms with Crippen molar-refractivity contribution < 1.29 is 55.7 Å². The molecule has 2 N–H and O–H groups in total. The van der Waals surface area contributed by atoms with Crippen molar-refractivity contribution in [2.45, 2.75) is 31.4 Å². The molecule has 0 aromatic heterocycles. The Bertz CT molecular complexity index is 1410. The minimum absolute atomic E-state index is 0.120. The Hall–Kier alpha value is -4.14. The van der Waals surface area contributed by atoms with E-state index >= 15 is 0 Å². The van der Waals surface area contributed by atoms with E-state index in [1.807, 2.05) is 0 Å². The van der Waals surface area contributed by atoms with Gasteiger partial charge in [0.2, 0.25) is 5.91 Å². The maximum Gasteiger partial charge on any atom is 0.430 e. The summed E-state index contributed by atoms with van der Waals surface area (Å²) < 4.78 is 81.4. The Labute approximate surface area is 215 Å². The predicted octanol–water partition coefficient (Wildman–Crippen LogP) is 3.41. The Morgan fingerprint density at radius 2 is 1.72 bits per heavy atom. The molecule has 2 aliphatic rings. The van der Waals surface area contributed by atoms with Crippen molar-refractivity contribution >= 4 is 35.2 Å². The number of aliphatic hydroxyl groups is 1. The summed E-state index contributed by atoms with van der Waals surface area (Å²) in [5, 5.41) is 20.0. The summed E-state index contributed by atoms with van der Waals surface area (Å²) in [4.78, 5) is 52.0. The number of amides is 4. The molecule has 4 amide bonds. The zero-order chi connectivity index (χ0) is 29.2. The van der Waals surface area contributed by atoms with E-state index in [0.29, 0.717) is 20.8 Å². The monoisotopic (exact) mass is 559 g/mol. The molecule has 0 spiro atoms. The Kier molecular flexibility index (Phi) is 6.41. The highest BCUT2D eigenvalue weighted by atomic mass is 19.4. The average Bonchev–Trinajstić information content (AvgIpc) is 3.03. The first kappa shape index (κ1) is 27.9. The number of hydrogen-bond donors (Lipinski definition) is 2. The zero-order valence-corrected chi connectivity index (χ0v) is 20.1. The number of rotatable bonds is 4. The molecule has 15 heteroatoms. The van der Waals surface area contributed by atoms with Crippen molar-refractivity contribution in [3.05, 3.63) is 58.7 Å². The summed E-state index contributed by atoms with van der Waals surface area (Å²) in [6, 6.07) is 4.60. The molecule has 0 bridgehead atoms. The number of alkyl halides is 6. The van der Waals surface area contributed by atoms with Gasteiger partial charge in [0.1, 0.15) is 0 Å². The van der Waals surface area contributed by atoms with Gasteiger partial charge >= 0.3 is 24.4 Å². The fourth-order valence-electron chi connectivity index (χ4n) is 4.66. The van der Waals surface area contributed by atoms with Gasteiger partial charge in [-0.2, -0.15) is 26.3 Å². The number of carboxylic acid groups (broad SMARTS) is 1. The van der Waals surface area contributed by atoms with Gasteiger partial charge in [0.15, 0.2) is 5.92 Å². The quantitative estimate of drug-likeness (QED) is 0.438. The molecule has 2 aromatic rings. The number of halogens is 6. The van der Waals surface area contributed by atoms with Crippen LogP contribution in [0.4, 0.5) is 42.5 Å². The number of imide groups is 1. The number of benzene rings is 2. The molecular formula is C24H19F6N3O6. The smallest absolute Gasteiger partial charge is 0.430 e. The van der Waals surface area contributed by atoms with Crippen LogP contribution in [0.5, 0.6) is 0 Å². The first-order chi connectivity index (χ1) is 17.9. The van der Waals surface area contributed by atoms with Gasteiger partial charge < -0.3 is 15.1 Å². The number of fused-ring (bicyclic) bond motifs is 1. The van der Waals surface area contributed by atoms with Crippen LogP contribution in [0.15, 0.2) is 36.4 Å². The second-order valence-corrected chi connectivity index (χ2v) is 9.07. The van der Waals surface area contributed by atoms with Crippen LogP contribution in [0.2, 0.25) is 0 Å². The molecule has 208 valence electrons. The van der Waals surface area contributed by atoms with Crippen molar-refractivity contribution in [1.29, 1.82) is 0 Å². The number of likely N-dealkylation sites (N-methyl/N-ethyl adjacent to an activating group) is 1. The number of carbonyl (C=O) groups excluding carboxylic acids is 3. The molecule has 0 radical (unpaired) electrons. The highest BCUT2D eigenvalue weighted by Crippen LogP contribution is 2.50. The van der Waals surface area contributed by atoms with E-state index in [4.69, 9.17) is 0 Å². The third-order valence-electron chi connectivity index (χ3n) is 6.84. The van der Waals surface area contributed by atoms with Gasteiger partial charge in [-0.3, -0.25) is 24.2 Å². The van der Waals surface area contributed by atoms with Gasteiger partial charge in [-0.15, -0.1) is 0 Å². The largest absolute Gasteiger partial charge is 0.481 e. The molecule has 4 rings (SSSR count). The van der Waals surface area contributed by atoms with E-state index in [0.717, 1.165) is 38.2 Å². The van der Waals surface area contributed by atoms with Crippen LogP contribution in [0.1, 0.15) is 22.3 Å². The van der Waals surface area contributed by atoms with Crippen LogP contribution in [-0.2, 0) is 32.7 Å².